The summed E-state index contributed by atoms with van der Waals surface area (Å²) in [6.45, 7) is 3.23. The summed E-state index contributed by atoms with van der Waals surface area (Å²) < 4.78 is 59.5. The number of benzene rings is 2. The van der Waals surface area contributed by atoms with Gasteiger partial charge in [0.1, 0.15) is 22.3 Å². The number of rotatable bonds is 7. The van der Waals surface area contributed by atoms with Crippen LogP contribution in [0.5, 0.6) is 5.75 Å². The van der Waals surface area contributed by atoms with Gasteiger partial charge in [-0.25, -0.2) is 21.9 Å². The van der Waals surface area contributed by atoms with E-state index < -0.39 is 27.6 Å². The lowest BCUT2D eigenvalue weighted by Crippen LogP contribution is -2.31. The van der Waals surface area contributed by atoms with E-state index in [1.165, 1.54) is 43.3 Å². The van der Waals surface area contributed by atoms with Crippen molar-refractivity contribution in [2.75, 3.05) is 14.2 Å². The van der Waals surface area contributed by atoms with E-state index in [-0.39, 0.29) is 34.4 Å². The van der Waals surface area contributed by atoms with Crippen LogP contribution in [0.2, 0.25) is 0 Å². The quantitative estimate of drug-likeness (QED) is 0.759. The third-order valence-electron chi connectivity index (χ3n) is 3.86. The van der Waals surface area contributed by atoms with E-state index in [1.807, 2.05) is 0 Å². The van der Waals surface area contributed by atoms with Gasteiger partial charge in [-0.15, -0.1) is 0 Å². The molecule has 2 aromatic carbocycles. The number of hydrogen-bond acceptors (Lipinski definition) is 4. The van der Waals surface area contributed by atoms with Gasteiger partial charge in [0, 0.05) is 36.8 Å². The van der Waals surface area contributed by atoms with E-state index in [1.54, 1.807) is 13.8 Å². The maximum Gasteiger partial charge on any atom is 0.253 e. The molecule has 0 fully saturated rings. The van der Waals surface area contributed by atoms with Crippen molar-refractivity contribution in [1.29, 1.82) is 0 Å². The summed E-state index contributed by atoms with van der Waals surface area (Å²) in [6, 6.07) is 6.77. The smallest absolute Gasteiger partial charge is 0.253 e. The lowest BCUT2D eigenvalue weighted by molar-refractivity contribution is 0.0783. The highest BCUT2D eigenvalue weighted by atomic mass is 32.2. The number of hydrogen-bond donors (Lipinski definition) is 1. The molecule has 0 aliphatic carbocycles. The van der Waals surface area contributed by atoms with E-state index in [9.17, 15) is 22.0 Å². The van der Waals surface area contributed by atoms with Crippen molar-refractivity contribution in [3.8, 4) is 5.75 Å². The molecule has 1 N–H and O–H groups in total. The first-order chi connectivity index (χ1) is 13.0. The van der Waals surface area contributed by atoms with E-state index in [4.69, 9.17) is 4.74 Å². The summed E-state index contributed by atoms with van der Waals surface area (Å²) in [5.41, 5.74) is 0.232. The second kappa shape index (κ2) is 8.66. The maximum atomic E-state index is 13.8. The molecule has 0 aliphatic heterocycles. The average molecular weight is 412 g/mol. The number of nitrogens with zero attached hydrogens (tertiary/aromatic N) is 1. The summed E-state index contributed by atoms with van der Waals surface area (Å²) in [7, 11) is -1.13. The molecular weight excluding hydrogens is 390 g/mol. The molecule has 0 aliphatic rings. The van der Waals surface area contributed by atoms with Crippen LogP contribution in [0.3, 0.4) is 0 Å². The van der Waals surface area contributed by atoms with Crippen LogP contribution in [0, 0.1) is 11.6 Å². The van der Waals surface area contributed by atoms with Crippen LogP contribution in [-0.2, 0) is 16.6 Å². The highest BCUT2D eigenvalue weighted by molar-refractivity contribution is 7.89. The van der Waals surface area contributed by atoms with E-state index in [0.717, 1.165) is 12.1 Å². The molecule has 0 spiro atoms. The van der Waals surface area contributed by atoms with Crippen LogP contribution < -0.4 is 9.46 Å². The predicted molar refractivity (Wildman–Crippen MR) is 101 cm³/mol. The van der Waals surface area contributed by atoms with Gasteiger partial charge in [0.25, 0.3) is 5.91 Å². The Balaban J connectivity index is 2.33. The Morgan fingerprint density at radius 1 is 1.18 bits per heavy atom. The number of carbonyl (C=O) groups excluding carboxylic acids is 1. The Hall–Kier alpha value is -2.52. The van der Waals surface area contributed by atoms with Crippen molar-refractivity contribution >= 4 is 15.9 Å². The molecule has 0 aromatic heterocycles. The summed E-state index contributed by atoms with van der Waals surface area (Å²) in [6.07, 6.45) is 0. The first-order valence-electron chi connectivity index (χ1n) is 8.45. The topological polar surface area (TPSA) is 75.7 Å². The van der Waals surface area contributed by atoms with Gasteiger partial charge in [-0.2, -0.15) is 0 Å². The van der Waals surface area contributed by atoms with Crippen LogP contribution in [0.15, 0.2) is 41.3 Å². The molecule has 0 radical (unpaired) electrons. The summed E-state index contributed by atoms with van der Waals surface area (Å²) in [5, 5.41) is 0. The third-order valence-corrected chi connectivity index (χ3v) is 5.54. The minimum atomic E-state index is -3.90. The van der Waals surface area contributed by atoms with Crippen LogP contribution in [0.25, 0.3) is 0 Å². The van der Waals surface area contributed by atoms with Crippen molar-refractivity contribution in [1.82, 2.24) is 9.62 Å². The molecule has 0 atom stereocenters. The second-order valence-electron chi connectivity index (χ2n) is 6.54. The molecule has 6 nitrogen and oxygen atoms in total. The largest absolute Gasteiger partial charge is 0.495 e. The molecule has 2 aromatic rings. The minimum absolute atomic E-state index is 0.0925. The van der Waals surface area contributed by atoms with E-state index in [2.05, 4.69) is 4.72 Å². The third kappa shape index (κ3) is 5.05. The SMILES string of the molecule is COc1ccc(C(=O)N(C)Cc2ccc(F)cc2F)cc1S(=O)(=O)NC(C)C. The maximum absolute atomic E-state index is 13.8. The number of sulfonamides is 1. The van der Waals surface area contributed by atoms with E-state index in [0.29, 0.717) is 0 Å². The Kier molecular flexibility index (Phi) is 6.73. The van der Waals surface area contributed by atoms with Gasteiger partial charge in [0.2, 0.25) is 10.0 Å². The first-order valence-corrected chi connectivity index (χ1v) is 9.93. The fraction of sp³-hybridized carbons (Fsp3) is 0.316. The summed E-state index contributed by atoms with van der Waals surface area (Å²) >= 11 is 0. The number of halogens is 2. The number of methoxy groups -OCH3 is 1. The van der Waals surface area contributed by atoms with Crippen LogP contribution in [-0.4, -0.2) is 39.4 Å². The number of ether oxygens (including phenoxy) is 1. The van der Waals surface area contributed by atoms with Gasteiger partial charge in [-0.3, -0.25) is 4.79 Å². The van der Waals surface area contributed by atoms with Crippen molar-refractivity contribution in [3.05, 3.63) is 59.2 Å². The molecule has 1 amide bonds. The zero-order valence-electron chi connectivity index (χ0n) is 16.0. The van der Waals surface area contributed by atoms with Gasteiger partial charge in [-0.05, 0) is 38.1 Å². The van der Waals surface area contributed by atoms with E-state index >= 15 is 0 Å². The minimum Gasteiger partial charge on any atom is -0.495 e. The van der Waals surface area contributed by atoms with Gasteiger partial charge in [-0.1, -0.05) is 6.07 Å². The molecule has 9 heteroatoms. The van der Waals surface area contributed by atoms with Crippen LogP contribution in [0.1, 0.15) is 29.8 Å². The monoisotopic (exact) mass is 412 g/mol. The second-order valence-corrected chi connectivity index (χ2v) is 8.22. The Morgan fingerprint density at radius 3 is 2.43 bits per heavy atom. The standard InChI is InChI=1S/C19H22F2N2O4S/c1-12(2)22-28(25,26)18-9-13(6-8-17(18)27-4)19(24)23(3)11-14-5-7-15(20)10-16(14)21/h5-10,12,22H,11H2,1-4H3. The van der Waals surface area contributed by atoms with Crippen molar-refractivity contribution in [3.63, 3.8) is 0 Å². The van der Waals surface area contributed by atoms with Crippen LogP contribution >= 0.6 is 0 Å². The normalized spacial score (nSPS) is 11.5. The highest BCUT2D eigenvalue weighted by Gasteiger charge is 2.23. The molecule has 0 saturated heterocycles. The Bertz CT molecular complexity index is 978. The Morgan fingerprint density at radius 2 is 1.86 bits per heavy atom. The molecule has 152 valence electrons. The molecule has 0 saturated carbocycles. The summed E-state index contributed by atoms with van der Waals surface area (Å²) in [5.74, 6) is -1.90. The molecule has 0 heterocycles. The number of amides is 1. The zero-order valence-corrected chi connectivity index (χ0v) is 16.8. The number of carbonyl (C=O) groups is 1. The van der Waals surface area contributed by atoms with Crippen molar-refractivity contribution < 1.29 is 26.7 Å². The highest BCUT2D eigenvalue weighted by Crippen LogP contribution is 2.26. The zero-order chi connectivity index (χ0) is 21.1. The van der Waals surface area contributed by atoms with Crippen molar-refractivity contribution in [2.45, 2.75) is 31.3 Å². The van der Waals surface area contributed by atoms with Gasteiger partial charge < -0.3 is 9.64 Å². The predicted octanol–water partition coefficient (Wildman–Crippen LogP) is 2.93. The average Bonchev–Trinajstić information content (AvgIpc) is 2.61. The molecule has 28 heavy (non-hydrogen) atoms. The molecule has 0 unspecified atom stereocenters. The van der Waals surface area contributed by atoms with Crippen LogP contribution in [0.4, 0.5) is 8.78 Å². The fourth-order valence-electron chi connectivity index (χ4n) is 2.59. The van der Waals surface area contributed by atoms with Gasteiger partial charge >= 0.3 is 0 Å². The molecule has 2 rings (SSSR count). The molecule has 0 bridgehead atoms. The summed E-state index contributed by atoms with van der Waals surface area (Å²) in [4.78, 5) is 13.7. The lowest BCUT2D eigenvalue weighted by Gasteiger charge is -2.19. The Labute approximate surface area is 163 Å². The van der Waals surface area contributed by atoms with Crippen molar-refractivity contribution in [2.24, 2.45) is 0 Å². The fourth-order valence-corrected chi connectivity index (χ4v) is 4.04. The first kappa shape index (κ1) is 21.8. The van der Waals surface area contributed by atoms with Gasteiger partial charge in [0.15, 0.2) is 0 Å². The molecular formula is C19H22F2N2O4S. The lowest BCUT2D eigenvalue weighted by atomic mass is 10.1. The van der Waals surface area contributed by atoms with Gasteiger partial charge in [0.05, 0.1) is 7.11 Å². The number of nitrogens with one attached hydrogen (secondary N) is 1.